The zero-order valence-electron chi connectivity index (χ0n) is 27.3. The van der Waals surface area contributed by atoms with Crippen molar-refractivity contribution in [3.8, 4) is 5.69 Å². The lowest BCUT2D eigenvalue weighted by Gasteiger charge is -2.26. The number of anilines is 2. The summed E-state index contributed by atoms with van der Waals surface area (Å²) in [5, 5.41) is 15.5. The highest BCUT2D eigenvalue weighted by atomic mass is 16.5. The van der Waals surface area contributed by atoms with Gasteiger partial charge in [-0.1, -0.05) is 69.3 Å². The smallest absolute Gasteiger partial charge is 0.373 e. The molecule has 46 heavy (non-hydrogen) atoms. The second-order valence-electron chi connectivity index (χ2n) is 11.8. The number of benzene rings is 3. The second kappa shape index (κ2) is 16.9. The van der Waals surface area contributed by atoms with Gasteiger partial charge in [-0.25, -0.2) is 14.3 Å². The molecule has 4 amide bonds. The minimum Gasteiger partial charge on any atom is -0.378 e. The minimum atomic E-state index is -0.308. The molecule has 12 heteroatoms. The molecule has 0 unspecified atom stereocenters. The molecule has 1 fully saturated rings. The van der Waals surface area contributed by atoms with E-state index < -0.39 is 0 Å². The van der Waals surface area contributed by atoms with Crippen LogP contribution in [0.1, 0.15) is 36.3 Å². The lowest BCUT2D eigenvalue weighted by molar-refractivity contribution is -0.191. The molecule has 3 N–H and O–H groups in total. The lowest BCUT2D eigenvalue weighted by Crippen LogP contribution is -2.44. The number of aromatic nitrogens is 2. The molecule has 1 saturated heterocycles. The van der Waals surface area contributed by atoms with Crippen molar-refractivity contribution >= 4 is 40.5 Å². The van der Waals surface area contributed by atoms with Crippen LogP contribution >= 0.6 is 0 Å². The SMILES string of the molecule is CN(C)Cc1cccc(-n2nc(C(C)(C)C)cc2NC(=O)Nc2cccc3ccccc23)c1.CNC(=O)N1CCOCC1.O=C=O.[HH].[HH].[HH]. The van der Waals surface area contributed by atoms with Crippen molar-refractivity contribution in [1.82, 2.24) is 24.9 Å². The number of ether oxygens (including phenoxy) is 1. The summed E-state index contributed by atoms with van der Waals surface area (Å²) in [6.45, 7) is 9.90. The zero-order chi connectivity index (χ0) is 33.7. The van der Waals surface area contributed by atoms with Crippen molar-refractivity contribution in [2.45, 2.75) is 32.7 Å². The van der Waals surface area contributed by atoms with Gasteiger partial charge in [0, 0.05) is 47.8 Å². The van der Waals surface area contributed by atoms with Crippen LogP contribution in [-0.4, -0.2) is 85.2 Å². The predicted octanol–water partition coefficient (Wildman–Crippen LogP) is 5.84. The maximum absolute atomic E-state index is 13.0. The molecule has 250 valence electrons. The molecule has 4 aromatic rings. The molecule has 0 saturated carbocycles. The van der Waals surface area contributed by atoms with Crippen LogP contribution in [0, 0.1) is 0 Å². The van der Waals surface area contributed by atoms with Crippen LogP contribution in [0.5, 0.6) is 0 Å². The summed E-state index contributed by atoms with van der Waals surface area (Å²) in [5.74, 6) is 0.625. The van der Waals surface area contributed by atoms with E-state index in [-0.39, 0.29) is 27.9 Å². The topological polar surface area (TPSA) is 138 Å². The Kier molecular flexibility index (Phi) is 13.0. The zero-order valence-corrected chi connectivity index (χ0v) is 27.3. The van der Waals surface area contributed by atoms with Gasteiger partial charge in [-0.3, -0.25) is 5.32 Å². The van der Waals surface area contributed by atoms with Crippen molar-refractivity contribution in [3.63, 3.8) is 0 Å². The predicted molar refractivity (Wildman–Crippen MR) is 184 cm³/mol. The fraction of sp³-hybridized carbons (Fsp3) is 0.353. The number of hydrogen-bond acceptors (Lipinski definition) is 7. The molecule has 3 aromatic carbocycles. The van der Waals surface area contributed by atoms with E-state index in [0.29, 0.717) is 32.1 Å². The summed E-state index contributed by atoms with van der Waals surface area (Å²) in [6, 6.07) is 23.7. The average molecular weight is 636 g/mol. The van der Waals surface area contributed by atoms with E-state index >= 15 is 0 Å². The van der Waals surface area contributed by atoms with E-state index in [2.05, 4.69) is 53.8 Å². The van der Waals surface area contributed by atoms with E-state index in [1.807, 2.05) is 79.4 Å². The van der Waals surface area contributed by atoms with Gasteiger partial charge in [-0.2, -0.15) is 14.7 Å². The van der Waals surface area contributed by atoms with Crippen molar-refractivity contribution in [2.24, 2.45) is 0 Å². The molecule has 1 aromatic heterocycles. The number of urea groups is 2. The van der Waals surface area contributed by atoms with Crippen LogP contribution in [0.25, 0.3) is 16.5 Å². The summed E-state index contributed by atoms with van der Waals surface area (Å²) in [7, 11) is 5.73. The third-order valence-corrected chi connectivity index (χ3v) is 6.92. The van der Waals surface area contributed by atoms with Crippen molar-refractivity contribution in [3.05, 3.63) is 84.1 Å². The molecular weight excluding hydrogens is 586 g/mol. The Balaban J connectivity index is 0.00000122. The first-order valence-electron chi connectivity index (χ1n) is 14.9. The highest BCUT2D eigenvalue weighted by Gasteiger charge is 2.22. The van der Waals surface area contributed by atoms with E-state index in [4.69, 9.17) is 19.4 Å². The summed E-state index contributed by atoms with van der Waals surface area (Å²) in [6.07, 6.45) is 0.250. The fourth-order valence-corrected chi connectivity index (χ4v) is 4.71. The number of amides is 4. The van der Waals surface area contributed by atoms with Crippen LogP contribution < -0.4 is 16.0 Å². The number of fused-ring (bicyclic) bond motifs is 1. The second-order valence-corrected chi connectivity index (χ2v) is 11.8. The standard InChI is InChI=1S/C27H31N5O.C6H12N2O2.CO2.3H2/c1-27(2,3)24-17-25(32(30-24)21-13-8-10-19(16-21)18-31(4)5)29-26(33)28-23-15-9-12-20-11-6-7-14-22(20)23;1-7-6(9)8-2-4-10-5-3-8;2-1-3;;;/h6-17H,18H2,1-5H3,(H2,28,29,33);2-5H2,1H3,(H,7,9);;3*1H. The molecule has 1 aliphatic rings. The molecular formula is C34H49N7O5. The monoisotopic (exact) mass is 635 g/mol. The Hall–Kier alpha value is -5.03. The van der Waals surface area contributed by atoms with Crippen LogP contribution in [0.4, 0.5) is 21.1 Å². The number of nitrogens with one attached hydrogen (secondary N) is 3. The number of carbonyl (C=O) groups excluding carboxylic acids is 4. The lowest BCUT2D eigenvalue weighted by atomic mass is 9.92. The Morgan fingerprint density at radius 2 is 1.61 bits per heavy atom. The van der Waals surface area contributed by atoms with Gasteiger partial charge >= 0.3 is 18.2 Å². The first-order valence-corrected chi connectivity index (χ1v) is 14.9. The summed E-state index contributed by atoms with van der Waals surface area (Å²) in [5.41, 5.74) is 3.60. The third-order valence-electron chi connectivity index (χ3n) is 6.92. The molecule has 5 rings (SSSR count). The van der Waals surface area contributed by atoms with Gasteiger partial charge in [0.15, 0.2) is 0 Å². The Morgan fingerprint density at radius 1 is 0.957 bits per heavy atom. The average Bonchev–Trinajstić information content (AvgIpc) is 3.46. The molecule has 1 aliphatic heterocycles. The van der Waals surface area contributed by atoms with Gasteiger partial charge in [0.25, 0.3) is 0 Å². The first-order chi connectivity index (χ1) is 22.0. The molecule has 0 atom stereocenters. The highest BCUT2D eigenvalue weighted by Crippen LogP contribution is 2.28. The number of morpholine rings is 1. The Labute approximate surface area is 274 Å². The molecule has 12 nitrogen and oxygen atoms in total. The Morgan fingerprint density at radius 3 is 2.26 bits per heavy atom. The van der Waals surface area contributed by atoms with E-state index in [1.165, 1.54) is 5.56 Å². The normalized spacial score (nSPS) is 12.6. The molecule has 0 radical (unpaired) electrons. The molecule has 0 spiro atoms. The third kappa shape index (κ3) is 10.3. The highest BCUT2D eigenvalue weighted by molar-refractivity contribution is 6.06. The van der Waals surface area contributed by atoms with Crippen LogP contribution in [-0.2, 0) is 26.3 Å². The van der Waals surface area contributed by atoms with E-state index in [1.54, 1.807) is 11.9 Å². The number of rotatable bonds is 5. The number of carbonyl (C=O) groups is 2. The largest absolute Gasteiger partial charge is 0.378 e. The van der Waals surface area contributed by atoms with Gasteiger partial charge in [-0.15, -0.1) is 0 Å². The summed E-state index contributed by atoms with van der Waals surface area (Å²) in [4.78, 5) is 44.1. The maximum Gasteiger partial charge on any atom is 0.373 e. The molecule has 0 bridgehead atoms. The quantitative estimate of drug-likeness (QED) is 0.250. The maximum atomic E-state index is 13.0. The first kappa shape index (κ1) is 35.4. The van der Waals surface area contributed by atoms with Crippen molar-refractivity contribution < 1.29 is 28.2 Å². The minimum absolute atomic E-state index is 0. The van der Waals surface area contributed by atoms with E-state index in [0.717, 1.165) is 34.4 Å². The van der Waals surface area contributed by atoms with Crippen LogP contribution in [0.3, 0.4) is 0 Å². The molecule has 2 heterocycles. The van der Waals surface area contributed by atoms with Crippen molar-refractivity contribution in [1.29, 1.82) is 0 Å². The van der Waals surface area contributed by atoms with Gasteiger partial charge in [0.2, 0.25) is 0 Å². The van der Waals surface area contributed by atoms with E-state index in [9.17, 15) is 9.59 Å². The Bertz CT molecular complexity index is 1640. The van der Waals surface area contributed by atoms with Gasteiger partial charge in [0.1, 0.15) is 5.82 Å². The van der Waals surface area contributed by atoms with Crippen molar-refractivity contribution in [2.75, 3.05) is 58.1 Å². The number of hydrogen-bond donors (Lipinski definition) is 3. The van der Waals surface area contributed by atoms with Gasteiger partial charge in [-0.05, 0) is 43.2 Å². The molecule has 0 aliphatic carbocycles. The summed E-state index contributed by atoms with van der Waals surface area (Å²) < 4.78 is 6.88. The fourth-order valence-electron chi connectivity index (χ4n) is 4.71. The summed E-state index contributed by atoms with van der Waals surface area (Å²) >= 11 is 0. The van der Waals surface area contributed by atoms with Gasteiger partial charge in [0.05, 0.1) is 30.3 Å². The van der Waals surface area contributed by atoms with Crippen LogP contribution in [0.15, 0.2) is 72.8 Å². The van der Waals surface area contributed by atoms with Crippen LogP contribution in [0.2, 0.25) is 0 Å². The van der Waals surface area contributed by atoms with Gasteiger partial charge < -0.3 is 25.2 Å². The number of nitrogens with zero attached hydrogens (tertiary/aromatic N) is 4.